The van der Waals surface area contributed by atoms with Crippen molar-refractivity contribution in [2.75, 3.05) is 24.8 Å². The molecule has 180 valence electrons. The van der Waals surface area contributed by atoms with E-state index >= 15 is 0 Å². The van der Waals surface area contributed by atoms with Crippen molar-refractivity contribution in [3.05, 3.63) is 107 Å². The number of fused-ring (bicyclic) bond motifs is 1. The lowest BCUT2D eigenvalue weighted by Crippen LogP contribution is -2.35. The van der Waals surface area contributed by atoms with Crippen LogP contribution in [0.15, 0.2) is 83.4 Å². The quantitative estimate of drug-likeness (QED) is 0.295. The van der Waals surface area contributed by atoms with Crippen molar-refractivity contribution in [2.24, 2.45) is 0 Å². The Hall–Kier alpha value is -4.65. The predicted molar refractivity (Wildman–Crippen MR) is 136 cm³/mol. The minimum Gasteiger partial charge on any atom is -0.454 e. The van der Waals surface area contributed by atoms with E-state index in [0.29, 0.717) is 39.8 Å². The number of rotatable bonds is 9. The first-order valence-corrected chi connectivity index (χ1v) is 11.5. The van der Waals surface area contributed by atoms with Crippen LogP contribution in [0.25, 0.3) is 12.2 Å². The molecule has 5 rings (SSSR count). The Morgan fingerprint density at radius 2 is 1.44 bits per heavy atom. The average Bonchev–Trinajstić information content (AvgIpc) is 3.53. The van der Waals surface area contributed by atoms with Crippen LogP contribution in [0.1, 0.15) is 37.7 Å². The molecular weight excluding hydrogens is 456 g/mol. The van der Waals surface area contributed by atoms with Gasteiger partial charge in [0.2, 0.25) is 6.79 Å². The zero-order valence-corrected chi connectivity index (χ0v) is 19.7. The zero-order valence-electron chi connectivity index (χ0n) is 19.7. The van der Waals surface area contributed by atoms with Crippen LogP contribution in [-0.4, -0.2) is 36.6 Å². The second-order valence-corrected chi connectivity index (χ2v) is 8.36. The first-order chi connectivity index (χ1) is 17.6. The fourth-order valence-electron chi connectivity index (χ4n) is 4.06. The Morgan fingerprint density at radius 1 is 0.833 bits per heavy atom. The Labute approximate surface area is 208 Å². The molecule has 1 aliphatic rings. The number of nitrogens with zero attached hydrogens (tertiary/aromatic N) is 2. The third kappa shape index (κ3) is 5.05. The third-order valence-electron chi connectivity index (χ3n) is 5.86. The lowest BCUT2D eigenvalue weighted by molar-refractivity contribution is 0.0984. The summed E-state index contributed by atoms with van der Waals surface area (Å²) in [5.74, 6) is 1.61. The summed E-state index contributed by atoms with van der Waals surface area (Å²) in [6, 6.07) is 23.7. The maximum atomic E-state index is 13.1. The summed E-state index contributed by atoms with van der Waals surface area (Å²) in [7, 11) is 0. The monoisotopic (exact) mass is 480 g/mol. The molecule has 0 N–H and O–H groups in total. The van der Waals surface area contributed by atoms with Gasteiger partial charge < -0.3 is 18.9 Å². The molecule has 0 radical (unpaired) electrons. The van der Waals surface area contributed by atoms with Crippen molar-refractivity contribution in [2.45, 2.75) is 6.92 Å². The number of ether oxygens (including phenoxy) is 2. The number of aromatic nitrogens is 1. The second kappa shape index (κ2) is 10.3. The molecule has 7 heteroatoms. The van der Waals surface area contributed by atoms with Gasteiger partial charge in [-0.25, -0.2) is 0 Å². The largest absolute Gasteiger partial charge is 0.454 e. The summed E-state index contributed by atoms with van der Waals surface area (Å²) in [5.41, 5.74) is 3.21. The molecule has 2 heterocycles. The first kappa shape index (κ1) is 23.1. The van der Waals surface area contributed by atoms with Gasteiger partial charge in [0.15, 0.2) is 28.8 Å². The van der Waals surface area contributed by atoms with Crippen LogP contribution >= 0.6 is 0 Å². The second-order valence-electron chi connectivity index (χ2n) is 8.36. The van der Waals surface area contributed by atoms with Crippen molar-refractivity contribution >= 4 is 29.4 Å². The standard InChI is InChI=1S/C29H24N2O5/c1-20-29(27(36-30-20)15-13-21-12-14-26-28(16-21)35-19-34-26)31(17-24(32)22-8-4-2-5-9-22)18-25(33)23-10-6-3-7-11-23/h2-16H,17-19H2,1H3/b15-13+. The Morgan fingerprint density at radius 3 is 2.08 bits per heavy atom. The third-order valence-corrected chi connectivity index (χ3v) is 5.86. The molecule has 0 saturated carbocycles. The molecule has 0 unspecified atom stereocenters. The fraction of sp³-hybridized carbons (Fsp3) is 0.138. The highest BCUT2D eigenvalue weighted by atomic mass is 16.7. The van der Waals surface area contributed by atoms with Gasteiger partial charge in [0.25, 0.3) is 0 Å². The molecule has 7 nitrogen and oxygen atoms in total. The molecule has 0 fully saturated rings. The lowest BCUT2D eigenvalue weighted by Gasteiger charge is -2.23. The van der Waals surface area contributed by atoms with Crippen molar-refractivity contribution in [1.29, 1.82) is 0 Å². The van der Waals surface area contributed by atoms with Gasteiger partial charge in [-0.2, -0.15) is 0 Å². The number of benzene rings is 3. The molecule has 1 aliphatic heterocycles. The van der Waals surface area contributed by atoms with E-state index < -0.39 is 0 Å². The van der Waals surface area contributed by atoms with Crippen molar-refractivity contribution in [1.82, 2.24) is 5.16 Å². The highest BCUT2D eigenvalue weighted by Gasteiger charge is 2.24. The fourth-order valence-corrected chi connectivity index (χ4v) is 4.06. The van der Waals surface area contributed by atoms with Crippen LogP contribution in [-0.2, 0) is 0 Å². The molecule has 0 atom stereocenters. The Kier molecular flexibility index (Phi) is 6.62. The van der Waals surface area contributed by atoms with Gasteiger partial charge >= 0.3 is 0 Å². The molecule has 36 heavy (non-hydrogen) atoms. The van der Waals surface area contributed by atoms with E-state index in [9.17, 15) is 9.59 Å². The minimum absolute atomic E-state index is 0.00446. The SMILES string of the molecule is Cc1noc(/C=C/c2ccc3c(c2)OCO3)c1N(CC(=O)c1ccccc1)CC(=O)c1ccccc1. The molecule has 0 spiro atoms. The van der Waals surface area contributed by atoms with Gasteiger partial charge in [-0.3, -0.25) is 9.59 Å². The van der Waals surface area contributed by atoms with E-state index in [-0.39, 0.29) is 31.4 Å². The van der Waals surface area contributed by atoms with Crippen LogP contribution in [0.4, 0.5) is 5.69 Å². The number of carbonyl (C=O) groups excluding carboxylic acids is 2. The Bertz CT molecular complexity index is 1360. The number of anilines is 1. The van der Waals surface area contributed by atoms with E-state index in [2.05, 4.69) is 5.16 Å². The highest BCUT2D eigenvalue weighted by Crippen LogP contribution is 2.33. The Balaban J connectivity index is 1.45. The molecule has 1 aromatic heterocycles. The lowest BCUT2D eigenvalue weighted by atomic mass is 10.1. The summed E-state index contributed by atoms with van der Waals surface area (Å²) in [6.07, 6.45) is 3.64. The average molecular weight is 481 g/mol. The summed E-state index contributed by atoms with van der Waals surface area (Å²) < 4.78 is 16.4. The van der Waals surface area contributed by atoms with Crippen molar-refractivity contribution < 1.29 is 23.6 Å². The molecule has 4 aromatic rings. The number of aryl methyl sites for hydroxylation is 1. The van der Waals surface area contributed by atoms with Gasteiger partial charge in [0, 0.05) is 11.1 Å². The molecule has 0 amide bonds. The van der Waals surface area contributed by atoms with Gasteiger partial charge in [-0.05, 0) is 30.7 Å². The molecule has 3 aromatic carbocycles. The number of carbonyl (C=O) groups is 2. The summed E-state index contributed by atoms with van der Waals surface area (Å²) >= 11 is 0. The van der Waals surface area contributed by atoms with Crippen LogP contribution in [0, 0.1) is 6.92 Å². The molecular formula is C29H24N2O5. The van der Waals surface area contributed by atoms with Crippen molar-refractivity contribution in [3.63, 3.8) is 0 Å². The highest BCUT2D eigenvalue weighted by molar-refractivity contribution is 6.03. The number of hydrogen-bond acceptors (Lipinski definition) is 7. The van der Waals surface area contributed by atoms with E-state index in [1.165, 1.54) is 0 Å². The van der Waals surface area contributed by atoms with Crippen LogP contribution in [0.2, 0.25) is 0 Å². The van der Waals surface area contributed by atoms with Crippen LogP contribution < -0.4 is 14.4 Å². The molecule has 0 saturated heterocycles. The summed E-state index contributed by atoms with van der Waals surface area (Å²) in [5, 5.41) is 4.13. The van der Waals surface area contributed by atoms with E-state index in [4.69, 9.17) is 14.0 Å². The normalized spacial score (nSPS) is 12.1. The van der Waals surface area contributed by atoms with Crippen LogP contribution in [0.5, 0.6) is 11.5 Å². The molecule has 0 aliphatic carbocycles. The summed E-state index contributed by atoms with van der Waals surface area (Å²) in [6.45, 7) is 1.99. The number of hydrogen-bond donors (Lipinski definition) is 0. The summed E-state index contributed by atoms with van der Waals surface area (Å²) in [4.78, 5) is 28.0. The minimum atomic E-state index is -0.109. The predicted octanol–water partition coefficient (Wildman–Crippen LogP) is 5.45. The van der Waals surface area contributed by atoms with Gasteiger partial charge in [-0.1, -0.05) is 78.0 Å². The first-order valence-electron chi connectivity index (χ1n) is 11.5. The van der Waals surface area contributed by atoms with Gasteiger partial charge in [-0.15, -0.1) is 0 Å². The number of Topliss-reactive ketones (excluding diaryl/α,β-unsaturated/α-hetero) is 2. The van der Waals surface area contributed by atoms with Crippen molar-refractivity contribution in [3.8, 4) is 11.5 Å². The van der Waals surface area contributed by atoms with Gasteiger partial charge in [0.1, 0.15) is 11.4 Å². The smallest absolute Gasteiger partial charge is 0.231 e. The maximum absolute atomic E-state index is 13.1. The molecule has 0 bridgehead atoms. The topological polar surface area (TPSA) is 81.9 Å². The van der Waals surface area contributed by atoms with E-state index in [1.54, 1.807) is 42.2 Å². The number of ketones is 2. The maximum Gasteiger partial charge on any atom is 0.231 e. The van der Waals surface area contributed by atoms with Gasteiger partial charge in [0.05, 0.1) is 13.1 Å². The zero-order chi connectivity index (χ0) is 24.9. The van der Waals surface area contributed by atoms with E-state index in [0.717, 1.165) is 5.56 Å². The van der Waals surface area contributed by atoms with E-state index in [1.807, 2.05) is 60.7 Å². The van der Waals surface area contributed by atoms with Crippen LogP contribution in [0.3, 0.4) is 0 Å².